The smallest absolute Gasteiger partial charge is 0.258 e. The van der Waals surface area contributed by atoms with Crippen LogP contribution < -0.4 is 19.5 Å². The maximum absolute atomic E-state index is 12.4. The lowest BCUT2D eigenvalue weighted by Crippen LogP contribution is -2.35. The Morgan fingerprint density at radius 1 is 1.12 bits per heavy atom. The summed E-state index contributed by atoms with van der Waals surface area (Å²) in [4.78, 5) is 12.4. The van der Waals surface area contributed by atoms with Gasteiger partial charge in [-0.05, 0) is 47.9 Å². The van der Waals surface area contributed by atoms with Crippen LogP contribution in [-0.4, -0.2) is 25.7 Å². The fraction of sp³-hybridized carbons (Fsp3) is 0.350. The van der Waals surface area contributed by atoms with Crippen LogP contribution in [-0.2, 0) is 4.79 Å². The lowest BCUT2D eigenvalue weighted by Gasteiger charge is -2.25. The molecule has 6 heteroatoms. The van der Waals surface area contributed by atoms with Crippen molar-refractivity contribution >= 4 is 21.8 Å². The van der Waals surface area contributed by atoms with Gasteiger partial charge in [0.05, 0.1) is 6.04 Å². The zero-order valence-electron chi connectivity index (χ0n) is 14.8. The van der Waals surface area contributed by atoms with Crippen molar-refractivity contribution in [3.8, 4) is 17.2 Å². The van der Waals surface area contributed by atoms with Gasteiger partial charge in [-0.2, -0.15) is 0 Å². The van der Waals surface area contributed by atoms with Crippen molar-refractivity contribution in [1.82, 2.24) is 5.32 Å². The normalized spacial score (nSPS) is 14.0. The first-order valence-electron chi connectivity index (χ1n) is 8.60. The van der Waals surface area contributed by atoms with Crippen molar-refractivity contribution in [3.63, 3.8) is 0 Å². The summed E-state index contributed by atoms with van der Waals surface area (Å²) < 4.78 is 17.7. The van der Waals surface area contributed by atoms with Gasteiger partial charge in [0.2, 0.25) is 0 Å². The molecule has 5 nitrogen and oxygen atoms in total. The maximum atomic E-state index is 12.4. The van der Waals surface area contributed by atoms with E-state index in [4.69, 9.17) is 14.2 Å². The topological polar surface area (TPSA) is 56.8 Å². The molecule has 1 atom stereocenters. The van der Waals surface area contributed by atoms with E-state index >= 15 is 0 Å². The number of halogens is 1. The molecule has 138 valence electrons. The van der Waals surface area contributed by atoms with Crippen LogP contribution in [0.4, 0.5) is 0 Å². The van der Waals surface area contributed by atoms with Crippen LogP contribution in [0.15, 0.2) is 46.9 Å². The van der Waals surface area contributed by atoms with Gasteiger partial charge in [-0.1, -0.05) is 35.8 Å². The van der Waals surface area contributed by atoms with E-state index in [2.05, 4.69) is 35.1 Å². The van der Waals surface area contributed by atoms with Crippen molar-refractivity contribution in [2.45, 2.75) is 19.9 Å². The van der Waals surface area contributed by atoms with Crippen LogP contribution in [0, 0.1) is 5.92 Å². The van der Waals surface area contributed by atoms with E-state index in [1.807, 2.05) is 42.5 Å². The average Bonchev–Trinajstić information content (AvgIpc) is 2.65. The lowest BCUT2D eigenvalue weighted by atomic mass is 9.95. The van der Waals surface area contributed by atoms with E-state index in [9.17, 15) is 4.79 Å². The molecule has 0 fully saturated rings. The highest BCUT2D eigenvalue weighted by Gasteiger charge is 2.21. The summed E-state index contributed by atoms with van der Waals surface area (Å²) in [6.45, 7) is 5.20. The molecule has 0 aromatic heterocycles. The highest BCUT2D eigenvalue weighted by Crippen LogP contribution is 2.34. The summed E-state index contributed by atoms with van der Waals surface area (Å²) in [5, 5.41) is 3.05. The van der Waals surface area contributed by atoms with E-state index in [-0.39, 0.29) is 24.5 Å². The molecule has 2 aromatic carbocycles. The molecule has 3 rings (SSSR count). The summed E-state index contributed by atoms with van der Waals surface area (Å²) in [7, 11) is 0. The van der Waals surface area contributed by atoms with Gasteiger partial charge in [0.1, 0.15) is 19.0 Å². The number of hydrogen-bond acceptors (Lipinski definition) is 4. The number of ether oxygens (including phenoxy) is 3. The summed E-state index contributed by atoms with van der Waals surface area (Å²) in [6.07, 6.45) is 0. The van der Waals surface area contributed by atoms with Gasteiger partial charge in [-0.25, -0.2) is 0 Å². The average molecular weight is 420 g/mol. The molecule has 0 saturated heterocycles. The molecule has 26 heavy (non-hydrogen) atoms. The molecule has 0 saturated carbocycles. The maximum Gasteiger partial charge on any atom is 0.258 e. The number of carbonyl (C=O) groups is 1. The SMILES string of the molecule is CC(C)C(NC(=O)COc1ccc(Br)cc1)c1ccc2c(c1)OCCO2. The lowest BCUT2D eigenvalue weighted by molar-refractivity contribution is -0.124. The van der Waals surface area contributed by atoms with E-state index in [0.717, 1.165) is 21.5 Å². The molecule has 1 amide bonds. The van der Waals surface area contributed by atoms with Crippen molar-refractivity contribution in [3.05, 3.63) is 52.5 Å². The van der Waals surface area contributed by atoms with Gasteiger partial charge in [-0.3, -0.25) is 4.79 Å². The van der Waals surface area contributed by atoms with Gasteiger partial charge in [-0.15, -0.1) is 0 Å². The fourth-order valence-electron chi connectivity index (χ4n) is 2.78. The van der Waals surface area contributed by atoms with Crippen molar-refractivity contribution < 1.29 is 19.0 Å². The molecule has 0 aliphatic carbocycles. The van der Waals surface area contributed by atoms with Crippen molar-refractivity contribution in [1.29, 1.82) is 0 Å². The summed E-state index contributed by atoms with van der Waals surface area (Å²) >= 11 is 3.37. The first-order valence-corrected chi connectivity index (χ1v) is 9.39. The zero-order valence-corrected chi connectivity index (χ0v) is 16.4. The van der Waals surface area contributed by atoms with Crippen LogP contribution in [0.3, 0.4) is 0 Å². The number of amides is 1. The molecule has 1 unspecified atom stereocenters. The summed E-state index contributed by atoms with van der Waals surface area (Å²) in [5.74, 6) is 2.17. The monoisotopic (exact) mass is 419 g/mol. The molecular formula is C20H22BrNO4. The van der Waals surface area contributed by atoms with Crippen LogP contribution in [0.5, 0.6) is 17.2 Å². The molecule has 2 aromatic rings. The summed E-state index contributed by atoms with van der Waals surface area (Å²) in [5.41, 5.74) is 0.987. The van der Waals surface area contributed by atoms with Crippen LogP contribution in [0.25, 0.3) is 0 Å². The number of nitrogens with one attached hydrogen (secondary N) is 1. The first-order chi connectivity index (χ1) is 12.5. The van der Waals surface area contributed by atoms with Gasteiger partial charge in [0.25, 0.3) is 5.91 Å². The predicted octanol–water partition coefficient (Wildman–Crippen LogP) is 4.11. The van der Waals surface area contributed by atoms with Crippen LogP contribution in [0.2, 0.25) is 0 Å². The molecule has 1 heterocycles. The first kappa shape index (κ1) is 18.6. The third-order valence-electron chi connectivity index (χ3n) is 4.09. The Morgan fingerprint density at radius 2 is 1.81 bits per heavy atom. The Kier molecular flexibility index (Phi) is 6.04. The number of carbonyl (C=O) groups excluding carboxylic acids is 1. The summed E-state index contributed by atoms with van der Waals surface area (Å²) in [6, 6.07) is 13.0. The van der Waals surface area contributed by atoms with Crippen molar-refractivity contribution in [2.24, 2.45) is 5.92 Å². The molecule has 1 aliphatic rings. The Balaban J connectivity index is 1.64. The van der Waals surface area contributed by atoms with E-state index in [1.165, 1.54) is 0 Å². The van der Waals surface area contributed by atoms with Gasteiger partial charge in [0.15, 0.2) is 18.1 Å². The highest BCUT2D eigenvalue weighted by atomic mass is 79.9. The third-order valence-corrected chi connectivity index (χ3v) is 4.62. The zero-order chi connectivity index (χ0) is 18.5. The molecule has 1 N–H and O–H groups in total. The quantitative estimate of drug-likeness (QED) is 0.764. The van der Waals surface area contributed by atoms with E-state index < -0.39 is 0 Å². The number of hydrogen-bond donors (Lipinski definition) is 1. The van der Waals surface area contributed by atoms with Crippen LogP contribution in [0.1, 0.15) is 25.5 Å². The van der Waals surface area contributed by atoms with Gasteiger partial charge >= 0.3 is 0 Å². The standard InChI is InChI=1S/C20H22BrNO4/c1-13(2)20(14-3-8-17-18(11-14)25-10-9-24-17)22-19(23)12-26-16-6-4-15(21)5-7-16/h3-8,11,13,20H,9-10,12H2,1-2H3,(H,22,23). The number of fused-ring (bicyclic) bond motifs is 1. The van der Waals surface area contributed by atoms with Crippen molar-refractivity contribution in [2.75, 3.05) is 19.8 Å². The second-order valence-corrected chi connectivity index (χ2v) is 7.35. The number of benzene rings is 2. The third kappa shape index (κ3) is 4.69. The molecule has 0 bridgehead atoms. The Morgan fingerprint density at radius 3 is 2.50 bits per heavy atom. The predicted molar refractivity (Wildman–Crippen MR) is 103 cm³/mol. The fourth-order valence-corrected chi connectivity index (χ4v) is 3.05. The highest BCUT2D eigenvalue weighted by molar-refractivity contribution is 9.10. The number of rotatable bonds is 6. The Bertz CT molecular complexity index is 761. The van der Waals surface area contributed by atoms with E-state index in [1.54, 1.807) is 0 Å². The molecule has 0 spiro atoms. The molecular weight excluding hydrogens is 398 g/mol. The second-order valence-electron chi connectivity index (χ2n) is 6.43. The minimum absolute atomic E-state index is 0.0323. The van der Waals surface area contributed by atoms with Crippen LogP contribution >= 0.6 is 15.9 Å². The second kappa shape index (κ2) is 8.45. The Labute approximate surface area is 161 Å². The van der Waals surface area contributed by atoms with Gasteiger partial charge < -0.3 is 19.5 Å². The molecule has 1 aliphatic heterocycles. The minimum atomic E-state index is -0.165. The van der Waals surface area contributed by atoms with Gasteiger partial charge in [0, 0.05) is 4.47 Å². The molecule has 0 radical (unpaired) electrons. The van der Waals surface area contributed by atoms with E-state index in [0.29, 0.717) is 19.0 Å². The largest absolute Gasteiger partial charge is 0.486 e. The Hall–Kier alpha value is -2.21. The minimum Gasteiger partial charge on any atom is -0.486 e.